The lowest BCUT2D eigenvalue weighted by atomic mass is 9.92. The summed E-state index contributed by atoms with van der Waals surface area (Å²) in [5.74, 6) is 0.395. The molecule has 1 aliphatic rings. The van der Waals surface area contributed by atoms with Gasteiger partial charge in [0.05, 0.1) is 0 Å². The molecule has 0 saturated heterocycles. The monoisotopic (exact) mass is 218 g/mol. The van der Waals surface area contributed by atoms with E-state index in [1.165, 1.54) is 22.3 Å². The highest BCUT2D eigenvalue weighted by Gasteiger charge is 2.18. The second kappa shape index (κ2) is 4.06. The van der Waals surface area contributed by atoms with Gasteiger partial charge in [0, 0.05) is 5.92 Å². The van der Waals surface area contributed by atoms with E-state index in [-0.39, 0.29) is 0 Å². The molecule has 0 heterocycles. The van der Waals surface area contributed by atoms with Crippen molar-refractivity contribution in [1.29, 1.82) is 0 Å². The molecule has 0 bridgehead atoms. The first-order valence-electron chi connectivity index (χ1n) is 5.88. The van der Waals surface area contributed by atoms with Crippen LogP contribution >= 0.6 is 0 Å². The van der Waals surface area contributed by atoms with E-state index in [1.807, 2.05) is 6.08 Å². The second-order valence-corrected chi connectivity index (χ2v) is 4.34. The lowest BCUT2D eigenvalue weighted by molar-refractivity contribution is 1.05. The standard InChI is InChI=1S/C17H14/c1-2-13-6-5-8-15(12-13)17-11-10-14-7-3-4-9-16(14)17/h2-12,17H,1H2. The molecule has 0 aliphatic heterocycles. The van der Waals surface area contributed by atoms with Crippen LogP contribution in [0.2, 0.25) is 0 Å². The minimum absolute atomic E-state index is 0.395. The summed E-state index contributed by atoms with van der Waals surface area (Å²) in [6.45, 7) is 3.82. The van der Waals surface area contributed by atoms with Gasteiger partial charge >= 0.3 is 0 Å². The SMILES string of the molecule is C=Cc1cccc(C2C=Cc3ccccc32)c1. The fraction of sp³-hybridized carbons (Fsp3) is 0.0588. The molecule has 0 fully saturated rings. The highest BCUT2D eigenvalue weighted by molar-refractivity contribution is 5.65. The predicted molar refractivity (Wildman–Crippen MR) is 73.9 cm³/mol. The van der Waals surface area contributed by atoms with Crippen molar-refractivity contribution >= 4 is 12.2 Å². The van der Waals surface area contributed by atoms with Gasteiger partial charge in [-0.3, -0.25) is 0 Å². The molecule has 0 amide bonds. The van der Waals surface area contributed by atoms with Crippen molar-refractivity contribution in [1.82, 2.24) is 0 Å². The second-order valence-electron chi connectivity index (χ2n) is 4.34. The maximum Gasteiger partial charge on any atom is 0.0278 e. The van der Waals surface area contributed by atoms with Crippen molar-refractivity contribution in [2.45, 2.75) is 5.92 Å². The number of rotatable bonds is 2. The molecular formula is C17H14. The molecule has 17 heavy (non-hydrogen) atoms. The topological polar surface area (TPSA) is 0 Å². The van der Waals surface area contributed by atoms with Crippen LogP contribution in [0, 0.1) is 0 Å². The summed E-state index contributed by atoms with van der Waals surface area (Å²) in [7, 11) is 0. The van der Waals surface area contributed by atoms with Gasteiger partial charge in [-0.2, -0.15) is 0 Å². The smallest absolute Gasteiger partial charge is 0.0278 e. The number of allylic oxidation sites excluding steroid dienone is 1. The lowest BCUT2D eigenvalue weighted by Crippen LogP contribution is -1.95. The van der Waals surface area contributed by atoms with E-state index in [4.69, 9.17) is 0 Å². The third-order valence-corrected chi connectivity index (χ3v) is 3.30. The summed E-state index contributed by atoms with van der Waals surface area (Å²) in [6.07, 6.45) is 6.38. The Morgan fingerprint density at radius 1 is 1.00 bits per heavy atom. The average molecular weight is 218 g/mol. The minimum atomic E-state index is 0.395. The number of hydrogen-bond acceptors (Lipinski definition) is 0. The summed E-state index contributed by atoms with van der Waals surface area (Å²) >= 11 is 0. The van der Waals surface area contributed by atoms with E-state index < -0.39 is 0 Å². The van der Waals surface area contributed by atoms with Gasteiger partial charge in [0.2, 0.25) is 0 Å². The molecule has 0 saturated carbocycles. The van der Waals surface area contributed by atoms with Gasteiger partial charge in [0.1, 0.15) is 0 Å². The minimum Gasteiger partial charge on any atom is -0.0985 e. The molecule has 0 nitrogen and oxygen atoms in total. The van der Waals surface area contributed by atoms with Gasteiger partial charge in [0.15, 0.2) is 0 Å². The van der Waals surface area contributed by atoms with Crippen molar-refractivity contribution in [3.8, 4) is 0 Å². The molecular weight excluding hydrogens is 204 g/mol. The average Bonchev–Trinajstić information content (AvgIpc) is 2.82. The summed E-state index contributed by atoms with van der Waals surface area (Å²) in [6, 6.07) is 17.2. The number of hydrogen-bond donors (Lipinski definition) is 0. The summed E-state index contributed by atoms with van der Waals surface area (Å²) in [5.41, 5.74) is 5.25. The first-order chi connectivity index (χ1) is 8.38. The Labute approximate surface area is 102 Å². The zero-order valence-corrected chi connectivity index (χ0v) is 9.64. The van der Waals surface area contributed by atoms with Crippen LogP contribution < -0.4 is 0 Å². The van der Waals surface area contributed by atoms with Crippen LogP contribution in [-0.4, -0.2) is 0 Å². The largest absolute Gasteiger partial charge is 0.0985 e. The van der Waals surface area contributed by atoms with Crippen LogP contribution in [0.1, 0.15) is 28.2 Å². The highest BCUT2D eigenvalue weighted by atomic mass is 14.2. The molecule has 0 heteroatoms. The maximum absolute atomic E-state index is 3.82. The fourth-order valence-corrected chi connectivity index (χ4v) is 2.42. The third-order valence-electron chi connectivity index (χ3n) is 3.30. The summed E-state index contributed by atoms with van der Waals surface area (Å²) < 4.78 is 0. The molecule has 2 aromatic rings. The Kier molecular flexibility index (Phi) is 2.41. The van der Waals surface area contributed by atoms with Crippen molar-refractivity contribution < 1.29 is 0 Å². The fourth-order valence-electron chi connectivity index (χ4n) is 2.42. The molecule has 0 aromatic heterocycles. The van der Waals surface area contributed by atoms with E-state index in [9.17, 15) is 0 Å². The van der Waals surface area contributed by atoms with Crippen LogP contribution in [0.4, 0.5) is 0 Å². The zero-order valence-electron chi connectivity index (χ0n) is 9.64. The first kappa shape index (κ1) is 10.1. The van der Waals surface area contributed by atoms with Crippen molar-refractivity contribution in [3.05, 3.63) is 83.4 Å². The van der Waals surface area contributed by atoms with Gasteiger partial charge in [-0.25, -0.2) is 0 Å². The van der Waals surface area contributed by atoms with Crippen LogP contribution in [-0.2, 0) is 0 Å². The molecule has 1 unspecified atom stereocenters. The summed E-state index contributed by atoms with van der Waals surface area (Å²) in [5, 5.41) is 0. The van der Waals surface area contributed by atoms with Crippen molar-refractivity contribution in [2.75, 3.05) is 0 Å². The highest BCUT2D eigenvalue weighted by Crippen LogP contribution is 2.35. The Hall–Kier alpha value is -2.08. The van der Waals surface area contributed by atoms with Crippen molar-refractivity contribution in [3.63, 3.8) is 0 Å². The molecule has 2 aromatic carbocycles. The Morgan fingerprint density at radius 2 is 1.88 bits per heavy atom. The Morgan fingerprint density at radius 3 is 2.76 bits per heavy atom. The molecule has 1 aliphatic carbocycles. The quantitative estimate of drug-likeness (QED) is 0.696. The van der Waals surface area contributed by atoms with E-state index in [2.05, 4.69) is 67.3 Å². The first-order valence-corrected chi connectivity index (χ1v) is 5.88. The van der Waals surface area contributed by atoms with Gasteiger partial charge in [-0.05, 0) is 22.3 Å². The Bertz CT molecular complexity index is 590. The van der Waals surface area contributed by atoms with Gasteiger partial charge in [-0.15, -0.1) is 0 Å². The molecule has 3 rings (SSSR count). The zero-order chi connectivity index (χ0) is 11.7. The van der Waals surface area contributed by atoms with E-state index in [0.717, 1.165) is 0 Å². The molecule has 0 radical (unpaired) electrons. The molecule has 1 atom stereocenters. The van der Waals surface area contributed by atoms with Crippen LogP contribution in [0.3, 0.4) is 0 Å². The lowest BCUT2D eigenvalue weighted by Gasteiger charge is -2.12. The van der Waals surface area contributed by atoms with Gasteiger partial charge in [-0.1, -0.05) is 73.3 Å². The van der Waals surface area contributed by atoms with Gasteiger partial charge in [0.25, 0.3) is 0 Å². The van der Waals surface area contributed by atoms with E-state index in [1.54, 1.807) is 0 Å². The molecule has 0 spiro atoms. The van der Waals surface area contributed by atoms with Gasteiger partial charge < -0.3 is 0 Å². The van der Waals surface area contributed by atoms with E-state index >= 15 is 0 Å². The van der Waals surface area contributed by atoms with Crippen molar-refractivity contribution in [2.24, 2.45) is 0 Å². The van der Waals surface area contributed by atoms with Crippen LogP contribution in [0.15, 0.2) is 61.2 Å². The number of fused-ring (bicyclic) bond motifs is 1. The predicted octanol–water partition coefficient (Wildman–Crippen LogP) is 4.49. The maximum atomic E-state index is 3.82. The van der Waals surface area contributed by atoms with Crippen LogP contribution in [0.25, 0.3) is 12.2 Å². The molecule has 0 N–H and O–H groups in total. The Balaban J connectivity index is 2.07. The van der Waals surface area contributed by atoms with E-state index in [0.29, 0.717) is 5.92 Å². The third kappa shape index (κ3) is 1.72. The normalized spacial score (nSPS) is 16.8. The van der Waals surface area contributed by atoms with Crippen LogP contribution in [0.5, 0.6) is 0 Å². The number of benzene rings is 2. The molecule has 82 valence electrons. The summed E-state index contributed by atoms with van der Waals surface area (Å²) in [4.78, 5) is 0.